The van der Waals surface area contributed by atoms with Gasteiger partial charge in [-0.2, -0.15) is 0 Å². The van der Waals surface area contributed by atoms with Gasteiger partial charge in [-0.15, -0.1) is 5.10 Å². The first-order valence-electron chi connectivity index (χ1n) is 10.6. The fourth-order valence-electron chi connectivity index (χ4n) is 4.20. The molecule has 5 rings (SSSR count). The molecule has 32 heavy (non-hydrogen) atoms. The van der Waals surface area contributed by atoms with Crippen LogP contribution in [0, 0.1) is 0 Å². The molecule has 9 nitrogen and oxygen atoms in total. The zero-order valence-electron chi connectivity index (χ0n) is 17.3. The van der Waals surface area contributed by atoms with Crippen molar-refractivity contribution in [1.29, 1.82) is 0 Å². The Hall–Kier alpha value is -3.08. The molecular formula is C22H24N6O3S. The van der Waals surface area contributed by atoms with E-state index in [0.717, 1.165) is 27.9 Å². The van der Waals surface area contributed by atoms with Gasteiger partial charge in [-0.05, 0) is 61.1 Å². The fraction of sp³-hybridized carbons (Fsp3) is 0.318. The highest BCUT2D eigenvalue weighted by molar-refractivity contribution is 7.89. The third kappa shape index (κ3) is 4.29. The summed E-state index contributed by atoms with van der Waals surface area (Å²) in [6.45, 7) is 0.552. The second-order valence-corrected chi connectivity index (χ2v) is 9.88. The number of fused-ring (bicyclic) bond motifs is 1. The molecule has 166 valence electrons. The summed E-state index contributed by atoms with van der Waals surface area (Å²) in [5, 5.41) is 18.4. The van der Waals surface area contributed by atoms with E-state index in [9.17, 15) is 13.5 Å². The van der Waals surface area contributed by atoms with Gasteiger partial charge in [-0.25, -0.2) is 22.8 Å². The maximum Gasteiger partial charge on any atom is 0.240 e. The van der Waals surface area contributed by atoms with Crippen LogP contribution < -0.4 is 4.72 Å². The Kier molecular flexibility index (Phi) is 5.50. The summed E-state index contributed by atoms with van der Waals surface area (Å²) >= 11 is 0. The SMILES string of the molecule is O=S(=O)(NC1CCC(O)CC1)c1ccc(-c2ccnc3[nH]c(Cn4ccnn4)cc23)cc1. The second-order valence-electron chi connectivity index (χ2n) is 8.17. The third-order valence-electron chi connectivity index (χ3n) is 5.89. The largest absolute Gasteiger partial charge is 0.393 e. The van der Waals surface area contributed by atoms with Gasteiger partial charge in [0.2, 0.25) is 10.0 Å². The lowest BCUT2D eigenvalue weighted by Gasteiger charge is -2.26. The van der Waals surface area contributed by atoms with Crippen LogP contribution in [0.15, 0.2) is 59.9 Å². The van der Waals surface area contributed by atoms with Gasteiger partial charge in [-0.3, -0.25) is 0 Å². The van der Waals surface area contributed by atoms with Gasteiger partial charge < -0.3 is 10.1 Å². The van der Waals surface area contributed by atoms with E-state index >= 15 is 0 Å². The summed E-state index contributed by atoms with van der Waals surface area (Å²) in [5.41, 5.74) is 3.58. The lowest BCUT2D eigenvalue weighted by atomic mass is 9.94. The molecule has 1 saturated carbocycles. The van der Waals surface area contributed by atoms with E-state index in [0.29, 0.717) is 32.2 Å². The molecule has 1 aliphatic carbocycles. The van der Waals surface area contributed by atoms with Crippen molar-refractivity contribution in [3.8, 4) is 11.1 Å². The first-order valence-corrected chi connectivity index (χ1v) is 12.1. The molecule has 0 aliphatic heterocycles. The molecule has 3 heterocycles. The number of benzene rings is 1. The Labute approximate surface area is 185 Å². The van der Waals surface area contributed by atoms with Crippen molar-refractivity contribution in [2.45, 2.75) is 49.3 Å². The number of pyridine rings is 1. The van der Waals surface area contributed by atoms with Gasteiger partial charge in [0.25, 0.3) is 0 Å². The smallest absolute Gasteiger partial charge is 0.240 e. The molecule has 1 aromatic carbocycles. The van der Waals surface area contributed by atoms with Crippen LogP contribution in [0.5, 0.6) is 0 Å². The average molecular weight is 453 g/mol. The highest BCUT2D eigenvalue weighted by Gasteiger charge is 2.24. The second kappa shape index (κ2) is 8.45. The lowest BCUT2D eigenvalue weighted by molar-refractivity contribution is 0.120. The van der Waals surface area contributed by atoms with Crippen molar-refractivity contribution >= 4 is 21.1 Å². The normalized spacial score (nSPS) is 19.4. The van der Waals surface area contributed by atoms with Gasteiger partial charge in [0.1, 0.15) is 5.65 Å². The number of H-pyrrole nitrogens is 1. The standard InChI is InChI=1S/C22H24N6O3S/c29-18-5-3-16(4-6-18)26-32(30,31)19-7-1-15(2-8-19)20-9-10-23-22-21(20)13-17(25-22)14-28-12-11-24-27-28/h1-2,7-13,16,18,26,29H,3-6,14H2,(H,23,25). The summed E-state index contributed by atoms with van der Waals surface area (Å²) in [6.07, 6.45) is 7.39. The van der Waals surface area contributed by atoms with E-state index in [-0.39, 0.29) is 17.0 Å². The van der Waals surface area contributed by atoms with Crippen molar-refractivity contribution in [2.75, 3.05) is 0 Å². The summed E-state index contributed by atoms with van der Waals surface area (Å²) < 4.78 is 30.1. The number of nitrogens with one attached hydrogen (secondary N) is 2. The molecule has 3 N–H and O–H groups in total. The van der Waals surface area contributed by atoms with E-state index in [1.807, 2.05) is 24.3 Å². The predicted molar refractivity (Wildman–Crippen MR) is 119 cm³/mol. The minimum atomic E-state index is -3.61. The average Bonchev–Trinajstić information content (AvgIpc) is 3.45. The van der Waals surface area contributed by atoms with Crippen molar-refractivity contribution < 1.29 is 13.5 Å². The van der Waals surface area contributed by atoms with Gasteiger partial charge in [0.15, 0.2) is 0 Å². The molecule has 0 bridgehead atoms. The molecule has 10 heteroatoms. The molecule has 0 atom stereocenters. The number of rotatable bonds is 6. The summed E-state index contributed by atoms with van der Waals surface area (Å²) in [6, 6.07) is 10.7. The minimum absolute atomic E-state index is 0.133. The highest BCUT2D eigenvalue weighted by atomic mass is 32.2. The molecule has 0 saturated heterocycles. The van der Waals surface area contributed by atoms with Crippen LogP contribution in [0.2, 0.25) is 0 Å². The Morgan fingerprint density at radius 1 is 1.09 bits per heavy atom. The predicted octanol–water partition coefficient (Wildman–Crippen LogP) is 2.45. The van der Waals surface area contributed by atoms with E-state index in [1.165, 1.54) is 0 Å². The van der Waals surface area contributed by atoms with Crippen molar-refractivity contribution in [3.05, 3.63) is 60.7 Å². The van der Waals surface area contributed by atoms with Crippen LogP contribution >= 0.6 is 0 Å². The molecule has 1 fully saturated rings. The number of aromatic nitrogens is 5. The first-order chi connectivity index (χ1) is 15.5. The zero-order valence-corrected chi connectivity index (χ0v) is 18.2. The van der Waals surface area contributed by atoms with Crippen LogP contribution in [-0.4, -0.2) is 50.6 Å². The Morgan fingerprint density at radius 2 is 1.88 bits per heavy atom. The number of sulfonamides is 1. The van der Waals surface area contributed by atoms with E-state index in [1.54, 1.807) is 35.4 Å². The van der Waals surface area contributed by atoms with E-state index < -0.39 is 10.0 Å². The Bertz CT molecular complexity index is 1310. The van der Waals surface area contributed by atoms with E-state index in [4.69, 9.17) is 0 Å². The fourth-order valence-corrected chi connectivity index (χ4v) is 5.51. The summed E-state index contributed by atoms with van der Waals surface area (Å²) in [4.78, 5) is 7.96. The topological polar surface area (TPSA) is 126 Å². The molecule has 0 amide bonds. The number of aromatic amines is 1. The monoisotopic (exact) mass is 452 g/mol. The van der Waals surface area contributed by atoms with Crippen LogP contribution in [-0.2, 0) is 16.6 Å². The van der Waals surface area contributed by atoms with Gasteiger partial charge in [0.05, 0.1) is 23.7 Å². The number of aliphatic hydroxyl groups excluding tert-OH is 1. The first kappa shape index (κ1) is 20.8. The number of hydrogen-bond acceptors (Lipinski definition) is 6. The van der Waals surface area contributed by atoms with Crippen molar-refractivity contribution in [3.63, 3.8) is 0 Å². The molecule has 1 aliphatic rings. The third-order valence-corrected chi connectivity index (χ3v) is 7.42. The van der Waals surface area contributed by atoms with Gasteiger partial charge in [0, 0.05) is 29.5 Å². The number of nitrogens with zero attached hydrogens (tertiary/aromatic N) is 4. The van der Waals surface area contributed by atoms with Gasteiger partial charge in [-0.1, -0.05) is 17.3 Å². The maximum atomic E-state index is 12.8. The lowest BCUT2D eigenvalue weighted by Crippen LogP contribution is -2.38. The van der Waals surface area contributed by atoms with Crippen molar-refractivity contribution in [1.82, 2.24) is 29.7 Å². The Balaban J connectivity index is 1.38. The van der Waals surface area contributed by atoms with Crippen LogP contribution in [0.1, 0.15) is 31.4 Å². The molecular weight excluding hydrogens is 428 g/mol. The zero-order chi connectivity index (χ0) is 22.1. The molecule has 0 spiro atoms. The summed E-state index contributed by atoms with van der Waals surface area (Å²) in [5.74, 6) is 0. The minimum Gasteiger partial charge on any atom is -0.393 e. The molecule has 4 aromatic rings. The van der Waals surface area contributed by atoms with Crippen LogP contribution in [0.3, 0.4) is 0 Å². The molecule has 3 aromatic heterocycles. The van der Waals surface area contributed by atoms with Crippen molar-refractivity contribution in [2.24, 2.45) is 0 Å². The van der Waals surface area contributed by atoms with Crippen LogP contribution in [0.4, 0.5) is 0 Å². The molecule has 0 unspecified atom stereocenters. The Morgan fingerprint density at radius 3 is 2.59 bits per heavy atom. The molecule has 0 radical (unpaired) electrons. The number of aliphatic hydroxyl groups is 1. The number of hydrogen-bond donors (Lipinski definition) is 3. The highest BCUT2D eigenvalue weighted by Crippen LogP contribution is 2.29. The van der Waals surface area contributed by atoms with E-state index in [2.05, 4.69) is 25.0 Å². The maximum absolute atomic E-state index is 12.8. The summed E-state index contributed by atoms with van der Waals surface area (Å²) in [7, 11) is -3.61. The quantitative estimate of drug-likeness (QED) is 0.413. The van der Waals surface area contributed by atoms with Crippen LogP contribution in [0.25, 0.3) is 22.2 Å². The van der Waals surface area contributed by atoms with Gasteiger partial charge >= 0.3 is 0 Å².